The maximum atomic E-state index is 11.8. The van der Waals surface area contributed by atoms with Crippen LogP contribution in [0.15, 0.2) is 27.4 Å². The van der Waals surface area contributed by atoms with Crippen molar-refractivity contribution < 1.29 is 9.15 Å². The van der Waals surface area contributed by atoms with Crippen molar-refractivity contribution in [2.45, 2.75) is 26.5 Å². The molecule has 21 heavy (non-hydrogen) atoms. The molecule has 0 unspecified atom stereocenters. The topological polar surface area (TPSA) is 42.7 Å². The van der Waals surface area contributed by atoms with Gasteiger partial charge in [0.2, 0.25) is 0 Å². The van der Waals surface area contributed by atoms with E-state index in [0.29, 0.717) is 17.2 Å². The molecule has 4 nitrogen and oxygen atoms in total. The normalized spacial score (nSPS) is 20.0. The van der Waals surface area contributed by atoms with Gasteiger partial charge in [0.1, 0.15) is 5.58 Å². The summed E-state index contributed by atoms with van der Waals surface area (Å²) < 4.78 is 10.8. The third-order valence-corrected chi connectivity index (χ3v) is 4.24. The number of hydrogen-bond donors (Lipinski definition) is 0. The van der Waals surface area contributed by atoms with Crippen LogP contribution >= 0.6 is 11.6 Å². The predicted molar refractivity (Wildman–Crippen MR) is 82.9 cm³/mol. The van der Waals surface area contributed by atoms with E-state index in [1.165, 1.54) is 0 Å². The molecule has 2 aromatic rings. The van der Waals surface area contributed by atoms with Gasteiger partial charge in [0.05, 0.1) is 12.7 Å². The first-order valence-corrected chi connectivity index (χ1v) is 7.47. The highest BCUT2D eigenvalue weighted by atomic mass is 35.5. The number of rotatable bonds is 2. The highest BCUT2D eigenvalue weighted by Crippen LogP contribution is 2.26. The summed E-state index contributed by atoms with van der Waals surface area (Å²) in [7, 11) is 0. The molecule has 1 aromatic carbocycles. The molecule has 1 aliphatic rings. The van der Waals surface area contributed by atoms with Crippen LogP contribution in [-0.4, -0.2) is 30.7 Å². The number of hydrogen-bond acceptors (Lipinski definition) is 4. The quantitative estimate of drug-likeness (QED) is 0.800. The summed E-state index contributed by atoms with van der Waals surface area (Å²) in [5.41, 5.74) is 2.14. The van der Waals surface area contributed by atoms with E-state index in [2.05, 4.69) is 11.8 Å². The van der Waals surface area contributed by atoms with Gasteiger partial charge in [-0.1, -0.05) is 11.6 Å². The first-order valence-electron chi connectivity index (χ1n) is 7.10. The molecule has 0 N–H and O–H groups in total. The van der Waals surface area contributed by atoms with E-state index in [-0.39, 0.29) is 11.7 Å². The summed E-state index contributed by atoms with van der Waals surface area (Å²) in [4.78, 5) is 14.1. The van der Waals surface area contributed by atoms with Gasteiger partial charge < -0.3 is 9.15 Å². The minimum atomic E-state index is -0.319. The lowest BCUT2D eigenvalue weighted by Crippen LogP contribution is -2.40. The third-order valence-electron chi connectivity index (χ3n) is 3.83. The molecule has 0 saturated carbocycles. The molecule has 1 atom stereocenters. The average Bonchev–Trinajstić information content (AvgIpc) is 2.41. The van der Waals surface area contributed by atoms with Crippen molar-refractivity contribution in [3.05, 3.63) is 44.8 Å². The molecule has 5 heteroatoms. The Hall–Kier alpha value is -1.36. The number of ether oxygens (including phenoxy) is 1. The molecule has 0 aliphatic carbocycles. The summed E-state index contributed by atoms with van der Waals surface area (Å²) in [6.45, 7) is 7.12. The van der Waals surface area contributed by atoms with E-state index in [1.54, 1.807) is 6.07 Å². The zero-order chi connectivity index (χ0) is 15.0. The van der Waals surface area contributed by atoms with Crippen LogP contribution < -0.4 is 5.63 Å². The Morgan fingerprint density at radius 3 is 2.95 bits per heavy atom. The number of fused-ring (bicyclic) bond motifs is 1. The molecule has 1 saturated heterocycles. The zero-order valence-electron chi connectivity index (χ0n) is 12.2. The number of morpholine rings is 1. The van der Waals surface area contributed by atoms with Crippen molar-refractivity contribution in [1.29, 1.82) is 0 Å². The van der Waals surface area contributed by atoms with Crippen molar-refractivity contribution in [1.82, 2.24) is 4.90 Å². The number of aryl methyl sites for hydroxylation is 1. The molecule has 1 aliphatic heterocycles. The van der Waals surface area contributed by atoms with Crippen LogP contribution in [0.1, 0.15) is 18.1 Å². The van der Waals surface area contributed by atoms with Gasteiger partial charge in [0, 0.05) is 36.1 Å². The van der Waals surface area contributed by atoms with E-state index < -0.39 is 0 Å². The Morgan fingerprint density at radius 2 is 2.19 bits per heavy atom. The molecular formula is C16H18ClNO3. The molecule has 1 aromatic heterocycles. The van der Waals surface area contributed by atoms with Crippen LogP contribution in [0.5, 0.6) is 0 Å². The Kier molecular flexibility index (Phi) is 4.02. The Labute approximate surface area is 128 Å². The predicted octanol–water partition coefficient (Wildman–Crippen LogP) is 2.98. The number of nitrogens with zero attached hydrogens (tertiary/aromatic N) is 1. The monoisotopic (exact) mass is 307 g/mol. The largest absolute Gasteiger partial charge is 0.423 e. The van der Waals surface area contributed by atoms with Crippen LogP contribution in [0, 0.1) is 6.92 Å². The second kappa shape index (κ2) is 5.79. The summed E-state index contributed by atoms with van der Waals surface area (Å²) in [6, 6.07) is 5.27. The van der Waals surface area contributed by atoms with E-state index in [0.717, 1.165) is 36.2 Å². The maximum absolute atomic E-state index is 11.8. The average molecular weight is 308 g/mol. The van der Waals surface area contributed by atoms with Crippen molar-refractivity contribution in [3.8, 4) is 0 Å². The molecular weight excluding hydrogens is 290 g/mol. The third kappa shape index (κ3) is 3.12. The van der Waals surface area contributed by atoms with E-state index >= 15 is 0 Å². The van der Waals surface area contributed by atoms with Crippen molar-refractivity contribution in [3.63, 3.8) is 0 Å². The van der Waals surface area contributed by atoms with Crippen molar-refractivity contribution in [2.75, 3.05) is 19.7 Å². The minimum Gasteiger partial charge on any atom is -0.423 e. The first kappa shape index (κ1) is 14.6. The fourth-order valence-electron chi connectivity index (χ4n) is 2.75. The highest BCUT2D eigenvalue weighted by Gasteiger charge is 2.18. The zero-order valence-corrected chi connectivity index (χ0v) is 12.9. The lowest BCUT2D eigenvalue weighted by Gasteiger charge is -2.31. The van der Waals surface area contributed by atoms with Gasteiger partial charge in [-0.05, 0) is 37.1 Å². The summed E-state index contributed by atoms with van der Waals surface area (Å²) in [5, 5.41) is 1.59. The number of benzene rings is 1. The van der Waals surface area contributed by atoms with Gasteiger partial charge in [-0.3, -0.25) is 4.90 Å². The Morgan fingerprint density at radius 1 is 1.38 bits per heavy atom. The maximum Gasteiger partial charge on any atom is 0.336 e. The SMILES string of the molecule is Cc1cc2oc(=O)cc(CN3CCO[C@H](C)C3)c2cc1Cl. The fraction of sp³-hybridized carbons (Fsp3) is 0.438. The van der Waals surface area contributed by atoms with Gasteiger partial charge in [-0.2, -0.15) is 0 Å². The molecule has 2 heterocycles. The van der Waals surface area contributed by atoms with Gasteiger partial charge in [0.15, 0.2) is 0 Å². The second-order valence-electron chi connectivity index (χ2n) is 5.60. The lowest BCUT2D eigenvalue weighted by molar-refractivity contribution is -0.0211. The fourth-order valence-corrected chi connectivity index (χ4v) is 2.92. The first-order chi connectivity index (χ1) is 10.0. The molecule has 0 amide bonds. The standard InChI is InChI=1S/C16H18ClNO3/c1-10-5-15-13(7-14(10)17)12(6-16(19)21-15)9-18-3-4-20-11(2)8-18/h5-7,11H,3-4,8-9H2,1-2H3/t11-/m1/s1. The Bertz CT molecular complexity index is 725. The van der Waals surface area contributed by atoms with Gasteiger partial charge in [-0.15, -0.1) is 0 Å². The van der Waals surface area contributed by atoms with Crippen LogP contribution in [-0.2, 0) is 11.3 Å². The molecule has 0 spiro atoms. The molecule has 0 bridgehead atoms. The molecule has 1 fully saturated rings. The minimum absolute atomic E-state index is 0.218. The van der Waals surface area contributed by atoms with Gasteiger partial charge in [0.25, 0.3) is 0 Å². The molecule has 112 valence electrons. The van der Waals surface area contributed by atoms with Crippen LogP contribution in [0.4, 0.5) is 0 Å². The van der Waals surface area contributed by atoms with Crippen LogP contribution in [0.2, 0.25) is 5.02 Å². The van der Waals surface area contributed by atoms with Crippen molar-refractivity contribution in [2.24, 2.45) is 0 Å². The second-order valence-corrected chi connectivity index (χ2v) is 6.01. The van der Waals surface area contributed by atoms with Crippen LogP contribution in [0.25, 0.3) is 11.0 Å². The summed E-state index contributed by atoms with van der Waals surface area (Å²) >= 11 is 6.21. The molecule has 3 rings (SSSR count). The number of halogens is 1. The lowest BCUT2D eigenvalue weighted by atomic mass is 10.1. The summed E-state index contributed by atoms with van der Waals surface area (Å²) in [5.74, 6) is 0. The summed E-state index contributed by atoms with van der Waals surface area (Å²) in [6.07, 6.45) is 0.218. The molecule has 0 radical (unpaired) electrons. The van der Waals surface area contributed by atoms with Gasteiger partial charge in [-0.25, -0.2) is 4.79 Å². The van der Waals surface area contributed by atoms with E-state index in [9.17, 15) is 4.79 Å². The van der Waals surface area contributed by atoms with Crippen LogP contribution in [0.3, 0.4) is 0 Å². The smallest absolute Gasteiger partial charge is 0.336 e. The van der Waals surface area contributed by atoms with Crippen molar-refractivity contribution >= 4 is 22.6 Å². The van der Waals surface area contributed by atoms with E-state index in [1.807, 2.05) is 19.1 Å². The Balaban J connectivity index is 2.00. The van der Waals surface area contributed by atoms with Gasteiger partial charge >= 0.3 is 5.63 Å². The van der Waals surface area contributed by atoms with E-state index in [4.69, 9.17) is 20.8 Å². The highest BCUT2D eigenvalue weighted by molar-refractivity contribution is 6.32.